The van der Waals surface area contributed by atoms with Gasteiger partial charge in [-0.05, 0) is 53.2 Å². The number of rotatable bonds is 6. The highest BCUT2D eigenvalue weighted by molar-refractivity contribution is 9.11. The van der Waals surface area contributed by atoms with E-state index < -0.39 is 0 Å². The lowest BCUT2D eigenvalue weighted by Crippen LogP contribution is -2.15. The highest BCUT2D eigenvalue weighted by Crippen LogP contribution is 2.31. The van der Waals surface area contributed by atoms with Crippen molar-refractivity contribution in [1.82, 2.24) is 15.5 Å². The molecule has 0 atom stereocenters. The molecule has 0 aliphatic rings. The van der Waals surface area contributed by atoms with Crippen LogP contribution in [0, 0.1) is 0 Å². The second-order valence-electron chi connectivity index (χ2n) is 4.22. The van der Waals surface area contributed by atoms with Crippen molar-refractivity contribution in [3.63, 3.8) is 0 Å². The smallest absolute Gasteiger partial charge is 0.238 e. The summed E-state index contributed by atoms with van der Waals surface area (Å²) in [5, 5.41) is 11.5. The lowest BCUT2D eigenvalue weighted by molar-refractivity contribution is 0.450. The van der Waals surface area contributed by atoms with E-state index in [1.807, 2.05) is 30.3 Å². The second kappa shape index (κ2) is 7.71. The summed E-state index contributed by atoms with van der Waals surface area (Å²) in [6.45, 7) is 3.83. The second-order valence-corrected chi connectivity index (χ2v) is 5.99. The van der Waals surface area contributed by atoms with E-state index in [1.54, 1.807) is 0 Å². The van der Waals surface area contributed by atoms with Gasteiger partial charge >= 0.3 is 0 Å². The Bertz CT molecular complexity index is 561. The van der Waals surface area contributed by atoms with Crippen LogP contribution in [0.15, 0.2) is 39.3 Å². The van der Waals surface area contributed by atoms with Crippen LogP contribution in [0.3, 0.4) is 0 Å². The number of nitrogens with one attached hydrogen (secondary N) is 1. The van der Waals surface area contributed by atoms with Crippen LogP contribution in [0.5, 0.6) is 11.6 Å². The summed E-state index contributed by atoms with van der Waals surface area (Å²) in [7, 11) is 0. The topological polar surface area (TPSA) is 47.0 Å². The molecule has 0 unspecified atom stereocenters. The quantitative estimate of drug-likeness (QED) is 0.734. The van der Waals surface area contributed by atoms with Gasteiger partial charge in [-0.1, -0.05) is 22.9 Å². The number of hydrogen-bond donors (Lipinski definition) is 1. The maximum absolute atomic E-state index is 5.68. The average molecular weight is 401 g/mol. The predicted octanol–water partition coefficient (Wildman–Crippen LogP) is 4.29. The fraction of sp³-hybridized carbons (Fsp3) is 0.286. The maximum Gasteiger partial charge on any atom is 0.238 e. The van der Waals surface area contributed by atoms with Crippen LogP contribution in [0.4, 0.5) is 0 Å². The van der Waals surface area contributed by atoms with Crippen LogP contribution in [0.1, 0.15) is 19.0 Å². The summed E-state index contributed by atoms with van der Waals surface area (Å²) < 4.78 is 7.53. The molecule has 0 saturated heterocycles. The zero-order chi connectivity index (χ0) is 14.4. The molecule has 1 aromatic carbocycles. The maximum atomic E-state index is 5.68. The standard InChI is InChI=1S/C14H15Br2N3O/c1-2-7-17-9-11-4-6-14(19-18-11)20-13-5-3-10(15)8-12(13)16/h3-6,8,17H,2,7,9H2,1H3. The first-order chi connectivity index (χ1) is 9.69. The molecular weight excluding hydrogens is 386 g/mol. The Morgan fingerprint density at radius 1 is 1.15 bits per heavy atom. The molecule has 2 rings (SSSR count). The molecule has 1 heterocycles. The van der Waals surface area contributed by atoms with E-state index >= 15 is 0 Å². The first-order valence-corrected chi connectivity index (χ1v) is 7.94. The van der Waals surface area contributed by atoms with Gasteiger partial charge < -0.3 is 10.1 Å². The van der Waals surface area contributed by atoms with Gasteiger partial charge in [-0.25, -0.2) is 0 Å². The van der Waals surface area contributed by atoms with Crippen molar-refractivity contribution in [2.45, 2.75) is 19.9 Å². The van der Waals surface area contributed by atoms with Gasteiger partial charge in [0.1, 0.15) is 5.75 Å². The van der Waals surface area contributed by atoms with Crippen LogP contribution < -0.4 is 10.1 Å². The molecule has 6 heteroatoms. The molecule has 20 heavy (non-hydrogen) atoms. The van der Waals surface area contributed by atoms with Crippen molar-refractivity contribution in [3.05, 3.63) is 45.0 Å². The van der Waals surface area contributed by atoms with Crippen LogP contribution in [0.2, 0.25) is 0 Å². The molecule has 4 nitrogen and oxygen atoms in total. The first kappa shape index (κ1) is 15.4. The third-order valence-corrected chi connectivity index (χ3v) is 3.65. The summed E-state index contributed by atoms with van der Waals surface area (Å²) in [6, 6.07) is 9.44. The minimum absolute atomic E-state index is 0.479. The Balaban J connectivity index is 1.99. The molecule has 0 aliphatic carbocycles. The van der Waals surface area contributed by atoms with Gasteiger partial charge in [-0.15, -0.1) is 5.10 Å². The zero-order valence-corrected chi connectivity index (χ0v) is 14.2. The van der Waals surface area contributed by atoms with E-state index in [0.29, 0.717) is 11.6 Å². The summed E-state index contributed by atoms with van der Waals surface area (Å²) in [5.74, 6) is 1.19. The SMILES string of the molecule is CCCNCc1ccc(Oc2ccc(Br)cc2Br)nn1. The molecule has 0 radical (unpaired) electrons. The van der Waals surface area contributed by atoms with E-state index in [2.05, 4.69) is 54.3 Å². The van der Waals surface area contributed by atoms with Gasteiger partial charge in [0.15, 0.2) is 0 Å². The molecule has 2 aromatic rings. The van der Waals surface area contributed by atoms with Crippen molar-refractivity contribution >= 4 is 31.9 Å². The largest absolute Gasteiger partial charge is 0.436 e. The molecule has 0 saturated carbocycles. The molecule has 0 aliphatic heterocycles. The monoisotopic (exact) mass is 399 g/mol. The average Bonchev–Trinajstić information content (AvgIpc) is 2.44. The Labute approximate surface area is 135 Å². The predicted molar refractivity (Wildman–Crippen MR) is 85.9 cm³/mol. The van der Waals surface area contributed by atoms with E-state index in [1.165, 1.54) is 0 Å². The zero-order valence-electron chi connectivity index (χ0n) is 11.1. The molecule has 0 amide bonds. The lowest BCUT2D eigenvalue weighted by Gasteiger charge is -2.07. The lowest BCUT2D eigenvalue weighted by atomic mass is 10.3. The fourth-order valence-corrected chi connectivity index (χ4v) is 2.69. The molecule has 0 bridgehead atoms. The van der Waals surface area contributed by atoms with Crippen molar-refractivity contribution in [1.29, 1.82) is 0 Å². The van der Waals surface area contributed by atoms with Crippen LogP contribution in [-0.2, 0) is 6.54 Å². The Morgan fingerprint density at radius 3 is 2.65 bits per heavy atom. The number of ether oxygens (including phenoxy) is 1. The number of hydrogen-bond acceptors (Lipinski definition) is 4. The number of benzene rings is 1. The molecule has 106 valence electrons. The van der Waals surface area contributed by atoms with Gasteiger partial charge in [0.2, 0.25) is 5.88 Å². The molecule has 0 fully saturated rings. The summed E-state index contributed by atoms with van der Waals surface area (Å²) in [5.41, 5.74) is 0.903. The number of nitrogens with zero attached hydrogens (tertiary/aromatic N) is 2. The molecule has 1 N–H and O–H groups in total. The Morgan fingerprint density at radius 2 is 2.00 bits per heavy atom. The Kier molecular flexibility index (Phi) is 5.94. The van der Waals surface area contributed by atoms with Gasteiger partial charge in [-0.3, -0.25) is 0 Å². The molecular formula is C14H15Br2N3O. The van der Waals surface area contributed by atoms with Gasteiger partial charge in [0.25, 0.3) is 0 Å². The summed E-state index contributed by atoms with van der Waals surface area (Å²) in [4.78, 5) is 0. The summed E-state index contributed by atoms with van der Waals surface area (Å²) >= 11 is 6.85. The van der Waals surface area contributed by atoms with Gasteiger partial charge in [-0.2, -0.15) is 5.10 Å². The van der Waals surface area contributed by atoms with E-state index in [0.717, 1.165) is 34.1 Å². The van der Waals surface area contributed by atoms with Crippen molar-refractivity contribution < 1.29 is 4.74 Å². The van der Waals surface area contributed by atoms with Crippen LogP contribution in [0.25, 0.3) is 0 Å². The van der Waals surface area contributed by atoms with Gasteiger partial charge in [0, 0.05) is 17.1 Å². The highest BCUT2D eigenvalue weighted by Gasteiger charge is 2.05. The van der Waals surface area contributed by atoms with E-state index in [4.69, 9.17) is 4.74 Å². The van der Waals surface area contributed by atoms with Gasteiger partial charge in [0.05, 0.1) is 10.2 Å². The van der Waals surface area contributed by atoms with E-state index in [9.17, 15) is 0 Å². The minimum Gasteiger partial charge on any atom is -0.436 e. The number of aromatic nitrogens is 2. The van der Waals surface area contributed by atoms with Crippen LogP contribution >= 0.6 is 31.9 Å². The third-order valence-electron chi connectivity index (χ3n) is 2.54. The summed E-state index contributed by atoms with van der Waals surface area (Å²) in [6.07, 6.45) is 1.10. The normalized spacial score (nSPS) is 10.6. The Hall–Kier alpha value is -0.980. The minimum atomic E-state index is 0.479. The molecule has 0 spiro atoms. The highest BCUT2D eigenvalue weighted by atomic mass is 79.9. The van der Waals surface area contributed by atoms with Crippen LogP contribution in [-0.4, -0.2) is 16.7 Å². The van der Waals surface area contributed by atoms with E-state index in [-0.39, 0.29) is 0 Å². The van der Waals surface area contributed by atoms with Crippen molar-refractivity contribution in [2.75, 3.05) is 6.54 Å². The number of halogens is 2. The fourth-order valence-electron chi connectivity index (χ4n) is 1.56. The van der Waals surface area contributed by atoms with Crippen molar-refractivity contribution in [3.8, 4) is 11.6 Å². The van der Waals surface area contributed by atoms with Crippen molar-refractivity contribution in [2.24, 2.45) is 0 Å². The first-order valence-electron chi connectivity index (χ1n) is 6.35. The third kappa shape index (κ3) is 4.54. The molecule has 1 aromatic heterocycles.